The fourth-order valence-electron chi connectivity index (χ4n) is 7.22. The minimum absolute atomic E-state index is 0.0207. The van der Waals surface area contributed by atoms with Gasteiger partial charge in [-0.05, 0) is 80.0 Å². The van der Waals surface area contributed by atoms with Gasteiger partial charge in [0.25, 0.3) is 0 Å². The molecule has 1 heteroatoms. The van der Waals surface area contributed by atoms with Crippen molar-refractivity contribution in [2.24, 2.45) is 41.4 Å². The predicted octanol–water partition coefficient (Wildman–Crippen LogP) is 5.42. The number of aliphatic hydroxyl groups excluding tert-OH is 1. The molecule has 4 aliphatic carbocycles. The van der Waals surface area contributed by atoms with Crippen LogP contribution in [-0.2, 0) is 0 Å². The number of hydrogen-bond donors (Lipinski definition) is 1. The van der Waals surface area contributed by atoms with E-state index in [1.807, 2.05) is 0 Å². The number of hydrogen-bond acceptors (Lipinski definition) is 1. The van der Waals surface area contributed by atoms with E-state index in [9.17, 15) is 5.11 Å². The summed E-state index contributed by atoms with van der Waals surface area (Å²) >= 11 is 0. The summed E-state index contributed by atoms with van der Waals surface area (Å²) in [7, 11) is 0. The third-order valence-electron chi connectivity index (χ3n) is 8.11. The Morgan fingerprint density at radius 2 is 1.45 bits per heavy atom. The van der Waals surface area contributed by atoms with E-state index in [2.05, 4.69) is 6.92 Å². The maximum absolute atomic E-state index is 10.2. The van der Waals surface area contributed by atoms with Gasteiger partial charge in [0.2, 0.25) is 0 Å². The molecule has 4 saturated carbocycles. The van der Waals surface area contributed by atoms with Crippen molar-refractivity contribution in [3.8, 4) is 0 Å². The third-order valence-corrected chi connectivity index (χ3v) is 8.11. The molecule has 0 aliphatic heterocycles. The summed E-state index contributed by atoms with van der Waals surface area (Å²) in [5.41, 5.74) is 0. The Kier molecular flexibility index (Phi) is 4.55. The molecular formula is C21H36O. The van der Waals surface area contributed by atoms with Crippen LogP contribution < -0.4 is 0 Å². The number of rotatable bonds is 1. The predicted molar refractivity (Wildman–Crippen MR) is 91.5 cm³/mol. The second kappa shape index (κ2) is 6.46. The van der Waals surface area contributed by atoms with Crippen LogP contribution in [0.25, 0.3) is 0 Å². The zero-order valence-electron chi connectivity index (χ0n) is 14.6. The lowest BCUT2D eigenvalue weighted by atomic mass is 9.50. The molecule has 0 aromatic carbocycles. The van der Waals surface area contributed by atoms with Crippen molar-refractivity contribution in [1.29, 1.82) is 0 Å². The molecule has 7 atom stereocenters. The van der Waals surface area contributed by atoms with Crippen molar-refractivity contribution in [2.45, 2.75) is 90.1 Å². The summed E-state index contributed by atoms with van der Waals surface area (Å²) in [6.07, 6.45) is 17.1. The molecule has 1 nitrogen and oxygen atoms in total. The zero-order chi connectivity index (χ0) is 15.1. The Bertz CT molecular complexity index is 372. The van der Waals surface area contributed by atoms with Crippen LogP contribution in [0.3, 0.4) is 0 Å². The summed E-state index contributed by atoms with van der Waals surface area (Å²) in [4.78, 5) is 0. The molecule has 0 radical (unpaired) electrons. The third kappa shape index (κ3) is 2.87. The molecule has 5 unspecified atom stereocenters. The highest BCUT2D eigenvalue weighted by Gasteiger charge is 2.50. The van der Waals surface area contributed by atoms with Crippen LogP contribution in [0.15, 0.2) is 0 Å². The molecule has 0 aromatic rings. The molecule has 1 N–H and O–H groups in total. The van der Waals surface area contributed by atoms with E-state index < -0.39 is 0 Å². The van der Waals surface area contributed by atoms with Gasteiger partial charge in [-0.15, -0.1) is 0 Å². The van der Waals surface area contributed by atoms with E-state index in [1.165, 1.54) is 64.2 Å². The van der Waals surface area contributed by atoms with Crippen LogP contribution in [0.2, 0.25) is 0 Å². The molecule has 126 valence electrons. The summed E-state index contributed by atoms with van der Waals surface area (Å²) < 4.78 is 0. The van der Waals surface area contributed by atoms with E-state index in [1.54, 1.807) is 0 Å². The summed E-state index contributed by atoms with van der Waals surface area (Å²) in [5, 5.41) is 10.2. The van der Waals surface area contributed by atoms with Crippen molar-refractivity contribution in [1.82, 2.24) is 0 Å². The van der Waals surface area contributed by atoms with Crippen molar-refractivity contribution in [3.05, 3.63) is 0 Å². The SMILES string of the molecule is C[C@H]1CCC2CC3C[C@@H](O)CCC3C(C3CCCCC3)C2C1. The first-order chi connectivity index (χ1) is 10.7. The Morgan fingerprint density at radius 3 is 2.27 bits per heavy atom. The molecule has 22 heavy (non-hydrogen) atoms. The van der Waals surface area contributed by atoms with E-state index in [0.717, 1.165) is 54.3 Å². The second-order valence-electron chi connectivity index (χ2n) is 9.44. The molecule has 4 rings (SSSR count). The maximum atomic E-state index is 10.2. The van der Waals surface area contributed by atoms with Gasteiger partial charge in [0.15, 0.2) is 0 Å². The number of aliphatic hydroxyl groups is 1. The lowest BCUT2D eigenvalue weighted by Crippen LogP contribution is -2.48. The Morgan fingerprint density at radius 1 is 0.636 bits per heavy atom. The highest BCUT2D eigenvalue weighted by atomic mass is 16.3. The molecular weight excluding hydrogens is 268 g/mol. The van der Waals surface area contributed by atoms with Crippen LogP contribution in [0.5, 0.6) is 0 Å². The van der Waals surface area contributed by atoms with Crippen LogP contribution in [-0.4, -0.2) is 11.2 Å². The monoisotopic (exact) mass is 304 g/mol. The van der Waals surface area contributed by atoms with Gasteiger partial charge in [-0.3, -0.25) is 0 Å². The van der Waals surface area contributed by atoms with E-state index in [-0.39, 0.29) is 6.10 Å². The molecule has 0 spiro atoms. The fraction of sp³-hybridized carbons (Fsp3) is 1.00. The van der Waals surface area contributed by atoms with Crippen LogP contribution >= 0.6 is 0 Å². The fourth-order valence-corrected chi connectivity index (χ4v) is 7.22. The minimum Gasteiger partial charge on any atom is -0.393 e. The molecule has 4 aliphatic rings. The van der Waals surface area contributed by atoms with Crippen molar-refractivity contribution in [3.63, 3.8) is 0 Å². The molecule has 0 bridgehead atoms. The first kappa shape index (κ1) is 15.5. The van der Waals surface area contributed by atoms with Gasteiger partial charge in [0, 0.05) is 0 Å². The molecule has 4 fully saturated rings. The van der Waals surface area contributed by atoms with Crippen molar-refractivity contribution < 1.29 is 5.11 Å². The quantitative estimate of drug-likeness (QED) is 0.686. The molecule has 0 heterocycles. The summed E-state index contributed by atoms with van der Waals surface area (Å²) in [5.74, 6) is 6.92. The molecule has 0 aromatic heterocycles. The van der Waals surface area contributed by atoms with Crippen molar-refractivity contribution in [2.75, 3.05) is 0 Å². The van der Waals surface area contributed by atoms with Gasteiger partial charge in [-0.2, -0.15) is 0 Å². The average Bonchev–Trinajstić information content (AvgIpc) is 2.53. The lowest BCUT2D eigenvalue weighted by molar-refractivity contribution is -0.0775. The van der Waals surface area contributed by atoms with Gasteiger partial charge in [0.1, 0.15) is 0 Å². The lowest BCUT2D eigenvalue weighted by Gasteiger charge is -2.55. The molecule has 0 amide bonds. The van der Waals surface area contributed by atoms with Gasteiger partial charge >= 0.3 is 0 Å². The minimum atomic E-state index is 0.0207. The first-order valence-electron chi connectivity index (χ1n) is 10.4. The van der Waals surface area contributed by atoms with Gasteiger partial charge in [-0.25, -0.2) is 0 Å². The highest BCUT2D eigenvalue weighted by molar-refractivity contribution is 4.99. The average molecular weight is 305 g/mol. The topological polar surface area (TPSA) is 20.2 Å². The van der Waals surface area contributed by atoms with E-state index in [4.69, 9.17) is 0 Å². The smallest absolute Gasteiger partial charge is 0.0543 e. The Balaban J connectivity index is 1.59. The van der Waals surface area contributed by atoms with E-state index >= 15 is 0 Å². The summed E-state index contributed by atoms with van der Waals surface area (Å²) in [6.45, 7) is 2.50. The summed E-state index contributed by atoms with van der Waals surface area (Å²) in [6, 6.07) is 0. The van der Waals surface area contributed by atoms with Gasteiger partial charge in [-0.1, -0.05) is 45.4 Å². The van der Waals surface area contributed by atoms with Gasteiger partial charge in [0.05, 0.1) is 6.10 Å². The van der Waals surface area contributed by atoms with Crippen LogP contribution in [0, 0.1) is 41.4 Å². The molecule has 0 saturated heterocycles. The zero-order valence-corrected chi connectivity index (χ0v) is 14.6. The van der Waals surface area contributed by atoms with E-state index in [0.29, 0.717) is 0 Å². The Hall–Kier alpha value is -0.0400. The highest BCUT2D eigenvalue weighted by Crippen LogP contribution is 2.57. The largest absolute Gasteiger partial charge is 0.393 e. The first-order valence-corrected chi connectivity index (χ1v) is 10.4. The van der Waals surface area contributed by atoms with Crippen LogP contribution in [0.4, 0.5) is 0 Å². The van der Waals surface area contributed by atoms with Crippen molar-refractivity contribution >= 4 is 0 Å². The number of fused-ring (bicyclic) bond motifs is 2. The van der Waals surface area contributed by atoms with Gasteiger partial charge < -0.3 is 5.11 Å². The second-order valence-corrected chi connectivity index (χ2v) is 9.44. The maximum Gasteiger partial charge on any atom is 0.0543 e. The Labute approximate surface area is 137 Å². The standard InChI is InChI=1S/C21H36O/c1-14-7-8-16-12-17-13-18(22)9-10-19(17)21(20(16)11-14)15-5-3-2-4-6-15/h14-22H,2-13H2,1H3/t14-,16?,17?,18-,19?,20?,21?/m0/s1. The van der Waals surface area contributed by atoms with Crippen LogP contribution in [0.1, 0.15) is 84.0 Å². The normalized spacial score (nSPS) is 50.2.